The molecule has 0 bridgehead atoms. The molecule has 0 aromatic carbocycles. The molecule has 0 fully saturated rings. The average Bonchev–Trinajstić information content (AvgIpc) is 2.70. The summed E-state index contributed by atoms with van der Waals surface area (Å²) in [5.41, 5.74) is 6.83. The molecule has 2 heterocycles. The molecule has 0 saturated heterocycles. The van der Waals surface area contributed by atoms with Crippen LogP contribution in [0.5, 0.6) is 5.88 Å². The van der Waals surface area contributed by atoms with Crippen LogP contribution in [0.2, 0.25) is 0 Å². The topological polar surface area (TPSA) is 78.9 Å². The molecule has 2 aromatic rings. The van der Waals surface area contributed by atoms with Crippen LogP contribution in [0.15, 0.2) is 24.7 Å². The summed E-state index contributed by atoms with van der Waals surface area (Å²) < 4.78 is 6.61. The van der Waals surface area contributed by atoms with Crippen molar-refractivity contribution in [2.45, 2.75) is 0 Å². The molecule has 0 radical (unpaired) electrons. The molecule has 0 unspecified atom stereocenters. The Balaban J connectivity index is 2.55. The molecule has 2 aromatic heterocycles. The van der Waals surface area contributed by atoms with Gasteiger partial charge in [0, 0.05) is 0 Å². The van der Waals surface area contributed by atoms with E-state index in [1.165, 1.54) is 6.20 Å². The summed E-state index contributed by atoms with van der Waals surface area (Å²) >= 11 is 0. The van der Waals surface area contributed by atoms with Gasteiger partial charge in [0.05, 0.1) is 31.4 Å². The average molecular weight is 191 g/mol. The lowest BCUT2D eigenvalue weighted by molar-refractivity contribution is 0.394. The highest BCUT2D eigenvalue weighted by molar-refractivity contribution is 5.50. The lowest BCUT2D eigenvalue weighted by Gasteiger charge is -2.06. The van der Waals surface area contributed by atoms with E-state index in [0.29, 0.717) is 17.3 Å². The molecular weight excluding hydrogens is 182 g/mol. The first-order valence-electron chi connectivity index (χ1n) is 3.97. The number of nitrogen functional groups attached to an aromatic ring is 1. The number of hydrogen-bond acceptors (Lipinski definition) is 5. The zero-order chi connectivity index (χ0) is 9.97. The highest BCUT2D eigenvalue weighted by Crippen LogP contribution is 2.20. The van der Waals surface area contributed by atoms with Gasteiger partial charge in [-0.15, -0.1) is 5.10 Å². The Labute approximate surface area is 80.3 Å². The van der Waals surface area contributed by atoms with Crippen LogP contribution in [-0.4, -0.2) is 27.1 Å². The number of pyridine rings is 1. The molecule has 6 heteroatoms. The van der Waals surface area contributed by atoms with Gasteiger partial charge in [-0.1, -0.05) is 5.21 Å². The van der Waals surface area contributed by atoms with Gasteiger partial charge in [0.15, 0.2) is 0 Å². The Hall–Kier alpha value is -2.11. The van der Waals surface area contributed by atoms with E-state index in [2.05, 4.69) is 15.3 Å². The van der Waals surface area contributed by atoms with Crippen LogP contribution >= 0.6 is 0 Å². The predicted octanol–water partition coefficient (Wildman–Crippen LogP) is 0.253. The normalized spacial score (nSPS) is 10.1. The van der Waals surface area contributed by atoms with Crippen LogP contribution in [0.25, 0.3) is 5.69 Å². The number of ether oxygens (including phenoxy) is 1. The third-order valence-electron chi connectivity index (χ3n) is 1.72. The lowest BCUT2D eigenvalue weighted by atomic mass is 10.3. The molecule has 0 saturated carbocycles. The minimum absolute atomic E-state index is 0.463. The third kappa shape index (κ3) is 1.37. The second-order valence-electron chi connectivity index (χ2n) is 2.64. The van der Waals surface area contributed by atoms with Crippen molar-refractivity contribution in [2.75, 3.05) is 12.8 Å². The maximum atomic E-state index is 5.61. The number of rotatable bonds is 2. The minimum Gasteiger partial charge on any atom is -0.479 e. The summed E-state index contributed by atoms with van der Waals surface area (Å²) in [6.07, 6.45) is 4.79. The van der Waals surface area contributed by atoms with E-state index in [0.717, 1.165) is 0 Å². The molecule has 72 valence electrons. The van der Waals surface area contributed by atoms with Gasteiger partial charge in [0.1, 0.15) is 5.69 Å². The number of aromatic nitrogens is 4. The van der Waals surface area contributed by atoms with E-state index in [1.54, 1.807) is 30.3 Å². The van der Waals surface area contributed by atoms with E-state index >= 15 is 0 Å². The first-order chi connectivity index (χ1) is 6.81. The Kier molecular flexibility index (Phi) is 2.02. The number of anilines is 1. The molecule has 14 heavy (non-hydrogen) atoms. The van der Waals surface area contributed by atoms with E-state index in [1.807, 2.05) is 0 Å². The fraction of sp³-hybridized carbons (Fsp3) is 0.125. The van der Waals surface area contributed by atoms with Crippen molar-refractivity contribution in [1.82, 2.24) is 20.0 Å². The fourth-order valence-electron chi connectivity index (χ4n) is 1.11. The van der Waals surface area contributed by atoms with Gasteiger partial charge in [-0.3, -0.25) is 0 Å². The van der Waals surface area contributed by atoms with Gasteiger partial charge in [-0.25, -0.2) is 9.67 Å². The summed E-state index contributed by atoms with van der Waals surface area (Å²) in [4.78, 5) is 4.02. The van der Waals surface area contributed by atoms with E-state index in [9.17, 15) is 0 Å². The van der Waals surface area contributed by atoms with Gasteiger partial charge in [-0.05, 0) is 6.07 Å². The van der Waals surface area contributed by atoms with E-state index in [4.69, 9.17) is 10.5 Å². The zero-order valence-electron chi connectivity index (χ0n) is 7.58. The van der Waals surface area contributed by atoms with Gasteiger partial charge in [0.25, 0.3) is 0 Å². The predicted molar refractivity (Wildman–Crippen MR) is 50.1 cm³/mol. The van der Waals surface area contributed by atoms with Crippen molar-refractivity contribution in [3.8, 4) is 11.6 Å². The third-order valence-corrected chi connectivity index (χ3v) is 1.72. The Morgan fingerprint density at radius 1 is 1.50 bits per heavy atom. The molecular formula is C8H9N5O. The first kappa shape index (κ1) is 8.49. The van der Waals surface area contributed by atoms with E-state index < -0.39 is 0 Å². The minimum atomic E-state index is 0.463. The highest BCUT2D eigenvalue weighted by Gasteiger charge is 2.07. The summed E-state index contributed by atoms with van der Waals surface area (Å²) in [5, 5.41) is 7.52. The Bertz CT molecular complexity index is 425. The monoisotopic (exact) mass is 191 g/mol. The van der Waals surface area contributed by atoms with Crippen molar-refractivity contribution in [1.29, 1.82) is 0 Å². The summed E-state index contributed by atoms with van der Waals surface area (Å²) in [5.74, 6) is 0.463. The van der Waals surface area contributed by atoms with Crippen molar-refractivity contribution in [2.24, 2.45) is 0 Å². The van der Waals surface area contributed by atoms with Crippen LogP contribution < -0.4 is 10.5 Å². The fourth-order valence-corrected chi connectivity index (χ4v) is 1.11. The van der Waals surface area contributed by atoms with Crippen molar-refractivity contribution in [3.05, 3.63) is 24.7 Å². The maximum absolute atomic E-state index is 5.61. The zero-order valence-corrected chi connectivity index (χ0v) is 7.58. The second-order valence-corrected chi connectivity index (χ2v) is 2.64. The first-order valence-corrected chi connectivity index (χ1v) is 3.97. The van der Waals surface area contributed by atoms with Crippen molar-refractivity contribution in [3.63, 3.8) is 0 Å². The Morgan fingerprint density at radius 2 is 2.36 bits per heavy atom. The smallest absolute Gasteiger partial charge is 0.239 e. The molecule has 0 spiro atoms. The highest BCUT2D eigenvalue weighted by atomic mass is 16.5. The molecule has 2 rings (SSSR count). The van der Waals surface area contributed by atoms with Crippen LogP contribution in [0, 0.1) is 0 Å². The van der Waals surface area contributed by atoms with Crippen LogP contribution in [0.1, 0.15) is 0 Å². The molecule has 0 amide bonds. The van der Waals surface area contributed by atoms with Gasteiger partial charge in [-0.2, -0.15) is 0 Å². The van der Waals surface area contributed by atoms with Gasteiger partial charge in [0.2, 0.25) is 5.88 Å². The quantitative estimate of drug-likeness (QED) is 0.736. The summed E-state index contributed by atoms with van der Waals surface area (Å²) in [6.45, 7) is 0. The molecule has 0 aliphatic heterocycles. The molecule has 6 nitrogen and oxygen atoms in total. The second kappa shape index (κ2) is 3.33. The molecule has 0 atom stereocenters. The number of methoxy groups -OCH3 is 1. The van der Waals surface area contributed by atoms with Crippen molar-refractivity contribution >= 4 is 5.69 Å². The standard InChI is InChI=1S/C8H9N5O/c1-14-8-7(4-6(9)5-10-8)13-3-2-11-12-13/h2-5H,9H2,1H3. The van der Waals surface area contributed by atoms with E-state index in [-0.39, 0.29) is 0 Å². The van der Waals surface area contributed by atoms with Gasteiger partial charge >= 0.3 is 0 Å². The van der Waals surface area contributed by atoms with Gasteiger partial charge < -0.3 is 10.5 Å². The van der Waals surface area contributed by atoms with Crippen LogP contribution in [-0.2, 0) is 0 Å². The SMILES string of the molecule is COc1ncc(N)cc1-n1ccnn1. The molecule has 0 aliphatic carbocycles. The summed E-state index contributed by atoms with van der Waals surface area (Å²) in [7, 11) is 1.54. The molecule has 0 aliphatic rings. The van der Waals surface area contributed by atoms with Crippen molar-refractivity contribution < 1.29 is 4.74 Å². The lowest BCUT2D eigenvalue weighted by Crippen LogP contribution is -2.02. The number of nitrogens with zero attached hydrogens (tertiary/aromatic N) is 4. The van der Waals surface area contributed by atoms with Crippen LogP contribution in [0.4, 0.5) is 5.69 Å². The largest absolute Gasteiger partial charge is 0.479 e. The van der Waals surface area contributed by atoms with Crippen LogP contribution in [0.3, 0.4) is 0 Å². The number of nitrogens with two attached hydrogens (primary N) is 1. The molecule has 2 N–H and O–H groups in total. The summed E-state index contributed by atoms with van der Waals surface area (Å²) in [6, 6.07) is 1.72. The maximum Gasteiger partial charge on any atom is 0.239 e. The number of hydrogen-bond donors (Lipinski definition) is 1. The Morgan fingerprint density at radius 3 is 3.00 bits per heavy atom.